The Hall–Kier alpha value is -1.66. The molecule has 0 fully saturated rings. The highest BCUT2D eigenvalue weighted by atomic mass is 35.5. The molecule has 0 aliphatic carbocycles. The van der Waals surface area contributed by atoms with Gasteiger partial charge in [-0.25, -0.2) is 4.68 Å². The molecule has 1 heterocycles. The van der Waals surface area contributed by atoms with Crippen LogP contribution in [-0.2, 0) is 11.3 Å². The lowest BCUT2D eigenvalue weighted by Crippen LogP contribution is -2.07. The maximum Gasteiger partial charge on any atom is 0.182 e. The Morgan fingerprint density at radius 1 is 1.29 bits per heavy atom. The van der Waals surface area contributed by atoms with E-state index in [0.29, 0.717) is 29.7 Å². The SMILES string of the molecule is CCCCOCCCn1nnnc1-c1ccc(Cl)c(N)c1. The van der Waals surface area contributed by atoms with Crippen LogP contribution in [0.2, 0.25) is 5.02 Å². The van der Waals surface area contributed by atoms with Crippen molar-refractivity contribution in [3.63, 3.8) is 0 Å². The number of ether oxygens (including phenoxy) is 1. The summed E-state index contributed by atoms with van der Waals surface area (Å²) < 4.78 is 7.29. The molecule has 1 aromatic heterocycles. The highest BCUT2D eigenvalue weighted by molar-refractivity contribution is 6.33. The van der Waals surface area contributed by atoms with Crippen LogP contribution in [0.1, 0.15) is 26.2 Å². The first-order valence-corrected chi connectivity index (χ1v) is 7.49. The number of tetrazole rings is 1. The lowest BCUT2D eigenvalue weighted by atomic mass is 10.2. The van der Waals surface area contributed by atoms with Crippen molar-refractivity contribution in [1.82, 2.24) is 20.2 Å². The van der Waals surface area contributed by atoms with Gasteiger partial charge in [-0.3, -0.25) is 0 Å². The molecule has 0 radical (unpaired) electrons. The van der Waals surface area contributed by atoms with Crippen molar-refractivity contribution in [1.29, 1.82) is 0 Å². The van der Waals surface area contributed by atoms with Gasteiger partial charge in [0.15, 0.2) is 5.82 Å². The van der Waals surface area contributed by atoms with Gasteiger partial charge in [0, 0.05) is 25.3 Å². The van der Waals surface area contributed by atoms with Crippen molar-refractivity contribution in [3.05, 3.63) is 23.2 Å². The van der Waals surface area contributed by atoms with E-state index in [9.17, 15) is 0 Å². The number of hydrogen-bond donors (Lipinski definition) is 1. The Bertz CT molecular complexity index is 572. The largest absolute Gasteiger partial charge is 0.398 e. The Morgan fingerprint density at radius 3 is 2.86 bits per heavy atom. The van der Waals surface area contributed by atoms with E-state index in [0.717, 1.165) is 31.4 Å². The van der Waals surface area contributed by atoms with Gasteiger partial charge in [0.2, 0.25) is 0 Å². The fourth-order valence-corrected chi connectivity index (χ4v) is 2.03. The minimum atomic E-state index is 0.520. The van der Waals surface area contributed by atoms with Crippen molar-refractivity contribution in [2.75, 3.05) is 18.9 Å². The molecule has 0 aliphatic heterocycles. The number of hydrogen-bond acceptors (Lipinski definition) is 5. The first-order chi connectivity index (χ1) is 10.2. The molecule has 0 saturated carbocycles. The summed E-state index contributed by atoms with van der Waals surface area (Å²) in [6.45, 7) is 4.38. The molecule has 2 N–H and O–H groups in total. The number of nitrogen functional groups attached to an aromatic ring is 1. The number of aromatic nitrogens is 4. The van der Waals surface area contributed by atoms with E-state index in [1.165, 1.54) is 0 Å². The Labute approximate surface area is 129 Å². The molecule has 0 aliphatic rings. The average Bonchev–Trinajstić information content (AvgIpc) is 2.94. The molecule has 2 rings (SSSR count). The standard InChI is InChI=1S/C14H20ClN5O/c1-2-3-8-21-9-4-7-20-14(17-18-19-20)11-5-6-12(15)13(16)10-11/h5-6,10H,2-4,7-9,16H2,1H3. The van der Waals surface area contributed by atoms with Crippen molar-refractivity contribution in [3.8, 4) is 11.4 Å². The van der Waals surface area contributed by atoms with Crippen LogP contribution in [0, 0.1) is 0 Å². The summed E-state index contributed by atoms with van der Waals surface area (Å²) in [7, 11) is 0. The van der Waals surface area contributed by atoms with Gasteiger partial charge in [-0.15, -0.1) is 5.10 Å². The molecular formula is C14H20ClN5O. The third-order valence-corrected chi connectivity index (χ3v) is 3.43. The molecular weight excluding hydrogens is 290 g/mol. The Kier molecular flexibility index (Phi) is 5.95. The molecule has 6 nitrogen and oxygen atoms in total. The number of nitrogens with zero attached hydrogens (tertiary/aromatic N) is 4. The van der Waals surface area contributed by atoms with Crippen molar-refractivity contribution in [2.45, 2.75) is 32.7 Å². The molecule has 7 heteroatoms. The van der Waals surface area contributed by atoms with Crippen molar-refractivity contribution in [2.24, 2.45) is 0 Å². The normalized spacial score (nSPS) is 11.0. The molecule has 2 aromatic rings. The summed E-state index contributed by atoms with van der Waals surface area (Å²) in [4.78, 5) is 0. The number of rotatable bonds is 8. The zero-order chi connectivity index (χ0) is 15.1. The highest BCUT2D eigenvalue weighted by Gasteiger charge is 2.10. The molecule has 0 atom stereocenters. The van der Waals surface area contributed by atoms with Gasteiger partial charge in [-0.2, -0.15) is 0 Å². The summed E-state index contributed by atoms with van der Waals surface area (Å²) in [5.74, 6) is 0.687. The van der Waals surface area contributed by atoms with E-state index < -0.39 is 0 Å². The highest BCUT2D eigenvalue weighted by Crippen LogP contribution is 2.25. The second-order valence-corrected chi connectivity index (χ2v) is 5.19. The molecule has 0 saturated heterocycles. The second-order valence-electron chi connectivity index (χ2n) is 4.78. The van der Waals surface area contributed by atoms with Crippen molar-refractivity contribution >= 4 is 17.3 Å². The van der Waals surface area contributed by atoms with Gasteiger partial charge in [0.1, 0.15) is 0 Å². The van der Waals surface area contributed by atoms with E-state index in [1.807, 2.05) is 6.07 Å². The molecule has 21 heavy (non-hydrogen) atoms. The molecule has 0 amide bonds. The second kappa shape index (κ2) is 7.95. The molecule has 0 bridgehead atoms. The number of aryl methyl sites for hydroxylation is 1. The quantitative estimate of drug-likeness (QED) is 0.599. The van der Waals surface area contributed by atoms with Crippen LogP contribution in [0.3, 0.4) is 0 Å². The summed E-state index contributed by atoms with van der Waals surface area (Å²) in [5.41, 5.74) is 7.19. The maximum atomic E-state index is 5.93. The van der Waals surface area contributed by atoms with Crippen LogP contribution in [0.25, 0.3) is 11.4 Å². The lowest BCUT2D eigenvalue weighted by molar-refractivity contribution is 0.125. The average molecular weight is 310 g/mol. The predicted molar refractivity (Wildman–Crippen MR) is 83.0 cm³/mol. The van der Waals surface area contributed by atoms with Gasteiger partial charge < -0.3 is 10.5 Å². The summed E-state index contributed by atoms with van der Waals surface area (Å²) in [6, 6.07) is 5.39. The Balaban J connectivity index is 1.93. The number of unbranched alkanes of at least 4 members (excludes halogenated alkanes) is 1. The topological polar surface area (TPSA) is 78.8 Å². The smallest absolute Gasteiger partial charge is 0.182 e. The van der Waals surface area contributed by atoms with E-state index in [-0.39, 0.29) is 0 Å². The van der Waals surface area contributed by atoms with Crippen LogP contribution in [-0.4, -0.2) is 33.4 Å². The molecule has 114 valence electrons. The minimum absolute atomic E-state index is 0.520. The van der Waals surface area contributed by atoms with Gasteiger partial charge in [0.05, 0.1) is 10.7 Å². The summed E-state index contributed by atoms with van der Waals surface area (Å²) in [6.07, 6.45) is 3.11. The van der Waals surface area contributed by atoms with Gasteiger partial charge in [0.25, 0.3) is 0 Å². The molecule has 0 spiro atoms. The summed E-state index contributed by atoms with van der Waals surface area (Å²) >= 11 is 5.93. The maximum absolute atomic E-state index is 5.93. The van der Waals surface area contributed by atoms with Crippen LogP contribution in [0.4, 0.5) is 5.69 Å². The van der Waals surface area contributed by atoms with Gasteiger partial charge in [-0.05, 0) is 41.5 Å². The van der Waals surface area contributed by atoms with Gasteiger partial charge >= 0.3 is 0 Å². The zero-order valence-electron chi connectivity index (χ0n) is 12.1. The summed E-state index contributed by atoms with van der Waals surface area (Å²) in [5, 5.41) is 12.3. The van der Waals surface area contributed by atoms with E-state index in [4.69, 9.17) is 22.1 Å². The molecule has 1 aromatic carbocycles. The third kappa shape index (κ3) is 4.41. The predicted octanol–water partition coefficient (Wildman–Crippen LogP) is 2.78. The monoisotopic (exact) mass is 309 g/mol. The zero-order valence-corrected chi connectivity index (χ0v) is 12.9. The number of nitrogens with two attached hydrogens (primary N) is 1. The minimum Gasteiger partial charge on any atom is -0.398 e. The number of benzene rings is 1. The van der Waals surface area contributed by atoms with Gasteiger partial charge in [-0.1, -0.05) is 24.9 Å². The van der Waals surface area contributed by atoms with E-state index in [1.54, 1.807) is 16.8 Å². The lowest BCUT2D eigenvalue weighted by Gasteiger charge is -2.06. The van der Waals surface area contributed by atoms with Crippen molar-refractivity contribution < 1.29 is 4.74 Å². The first kappa shape index (κ1) is 15.7. The van der Waals surface area contributed by atoms with Crippen LogP contribution < -0.4 is 5.73 Å². The van der Waals surface area contributed by atoms with E-state index >= 15 is 0 Å². The Morgan fingerprint density at radius 2 is 2.10 bits per heavy atom. The third-order valence-electron chi connectivity index (χ3n) is 3.09. The van der Waals surface area contributed by atoms with Crippen LogP contribution in [0.5, 0.6) is 0 Å². The van der Waals surface area contributed by atoms with Crippen LogP contribution >= 0.6 is 11.6 Å². The molecule has 0 unspecified atom stereocenters. The number of halogens is 1. The first-order valence-electron chi connectivity index (χ1n) is 7.11. The van der Waals surface area contributed by atoms with E-state index in [2.05, 4.69) is 22.4 Å². The van der Waals surface area contributed by atoms with Crippen LogP contribution in [0.15, 0.2) is 18.2 Å². The fraction of sp³-hybridized carbons (Fsp3) is 0.500. The number of anilines is 1. The fourth-order valence-electron chi connectivity index (χ4n) is 1.91.